The van der Waals surface area contributed by atoms with Crippen LogP contribution in [0.5, 0.6) is 11.5 Å². The molecule has 5 nitrogen and oxygen atoms in total. The number of benzene rings is 2. The lowest BCUT2D eigenvalue weighted by atomic mass is 10.2. The monoisotopic (exact) mass is 404 g/mol. The Morgan fingerprint density at radius 2 is 1.75 bits per heavy atom. The summed E-state index contributed by atoms with van der Waals surface area (Å²) in [7, 11) is 3.27. The Morgan fingerprint density at radius 1 is 1.11 bits per heavy atom. The van der Waals surface area contributed by atoms with Gasteiger partial charge in [-0.3, -0.25) is 4.79 Å². The molecule has 1 amide bonds. The summed E-state index contributed by atoms with van der Waals surface area (Å²) in [5, 5.41) is 2.46. The van der Waals surface area contributed by atoms with E-state index in [0.29, 0.717) is 12.2 Å². The van der Waals surface area contributed by atoms with E-state index in [1.807, 2.05) is 24.3 Å². The fourth-order valence-corrected chi connectivity index (χ4v) is 3.36. The lowest BCUT2D eigenvalue weighted by Crippen LogP contribution is -2.26. The van der Waals surface area contributed by atoms with E-state index >= 15 is 0 Å². The average Bonchev–Trinajstić information content (AvgIpc) is 3.18. The lowest BCUT2D eigenvalue weighted by Gasteiger charge is -2.16. The molecule has 0 atom stereocenters. The van der Waals surface area contributed by atoms with Crippen LogP contribution in [0.3, 0.4) is 0 Å². The molecule has 3 rings (SSSR count). The Balaban J connectivity index is 1.65. The molecule has 3 aromatic rings. The van der Waals surface area contributed by atoms with E-state index in [4.69, 9.17) is 4.74 Å². The van der Waals surface area contributed by atoms with E-state index in [2.05, 4.69) is 9.72 Å². The van der Waals surface area contributed by atoms with Crippen molar-refractivity contribution in [3.63, 3.8) is 0 Å². The predicted octanol–water partition coefficient (Wildman–Crippen LogP) is 4.69. The van der Waals surface area contributed by atoms with Gasteiger partial charge in [0, 0.05) is 24.5 Å². The second-order valence-electron chi connectivity index (χ2n) is 5.95. The number of methoxy groups -OCH3 is 1. The fourth-order valence-electron chi connectivity index (χ4n) is 2.56. The molecule has 0 aliphatic carbocycles. The highest BCUT2D eigenvalue weighted by Crippen LogP contribution is 2.26. The number of nitrogens with zero attached hydrogens (tertiary/aromatic N) is 2. The number of amides is 1. The highest BCUT2D eigenvalue weighted by molar-refractivity contribution is 7.13. The van der Waals surface area contributed by atoms with Gasteiger partial charge in [0.1, 0.15) is 22.2 Å². The highest BCUT2D eigenvalue weighted by Gasteiger charge is 2.16. The summed E-state index contributed by atoms with van der Waals surface area (Å²) in [6.45, 7) is -2.54. The Bertz CT molecular complexity index is 927. The number of hydrogen-bond acceptors (Lipinski definition) is 5. The van der Waals surface area contributed by atoms with E-state index < -0.39 is 6.61 Å². The third kappa shape index (κ3) is 4.83. The third-order valence-corrected chi connectivity index (χ3v) is 4.87. The molecule has 0 saturated carbocycles. The molecule has 1 aromatic heterocycles. The van der Waals surface area contributed by atoms with Crippen LogP contribution in [0.1, 0.15) is 16.1 Å². The van der Waals surface area contributed by atoms with Crippen molar-refractivity contribution in [1.82, 2.24) is 9.88 Å². The summed E-state index contributed by atoms with van der Waals surface area (Å²) in [6.07, 6.45) is 0. The first-order chi connectivity index (χ1) is 13.5. The predicted molar refractivity (Wildman–Crippen MR) is 103 cm³/mol. The molecule has 8 heteroatoms. The Labute approximate surface area is 165 Å². The minimum Gasteiger partial charge on any atom is -0.497 e. The molecule has 0 spiro atoms. The van der Waals surface area contributed by atoms with Gasteiger partial charge in [-0.05, 0) is 42.0 Å². The van der Waals surface area contributed by atoms with E-state index in [1.54, 1.807) is 31.7 Å². The first-order valence-corrected chi connectivity index (χ1v) is 9.23. The van der Waals surface area contributed by atoms with Crippen LogP contribution in [0, 0.1) is 0 Å². The van der Waals surface area contributed by atoms with Crippen LogP contribution in [-0.2, 0) is 6.54 Å². The zero-order valence-corrected chi connectivity index (χ0v) is 16.1. The average molecular weight is 404 g/mol. The number of thiazole rings is 1. The van der Waals surface area contributed by atoms with Crippen molar-refractivity contribution in [3.8, 4) is 22.1 Å². The van der Waals surface area contributed by atoms with Crippen LogP contribution in [0.2, 0.25) is 0 Å². The second-order valence-corrected chi connectivity index (χ2v) is 6.81. The molecule has 0 fully saturated rings. The number of alkyl halides is 2. The number of ether oxygens (including phenoxy) is 2. The molecule has 0 saturated heterocycles. The number of halogens is 2. The van der Waals surface area contributed by atoms with Gasteiger partial charge in [-0.1, -0.05) is 12.1 Å². The van der Waals surface area contributed by atoms with Crippen molar-refractivity contribution in [1.29, 1.82) is 0 Å². The first kappa shape index (κ1) is 19.8. The van der Waals surface area contributed by atoms with Gasteiger partial charge in [0.05, 0.1) is 7.11 Å². The van der Waals surface area contributed by atoms with Gasteiger partial charge in [-0.25, -0.2) is 4.98 Å². The Hall–Kier alpha value is -3.00. The van der Waals surface area contributed by atoms with Crippen LogP contribution in [-0.4, -0.2) is 36.6 Å². The van der Waals surface area contributed by atoms with Crippen molar-refractivity contribution in [2.45, 2.75) is 13.2 Å². The van der Waals surface area contributed by atoms with E-state index in [-0.39, 0.29) is 11.7 Å². The van der Waals surface area contributed by atoms with Crippen LogP contribution in [0.25, 0.3) is 10.6 Å². The number of rotatable bonds is 7. The van der Waals surface area contributed by atoms with Gasteiger partial charge in [0.25, 0.3) is 5.91 Å². The molecule has 0 aliphatic heterocycles. The molecule has 1 heterocycles. The van der Waals surface area contributed by atoms with Gasteiger partial charge in [-0.2, -0.15) is 8.78 Å². The van der Waals surface area contributed by atoms with Gasteiger partial charge < -0.3 is 14.4 Å². The van der Waals surface area contributed by atoms with E-state index in [0.717, 1.165) is 21.9 Å². The third-order valence-electron chi connectivity index (χ3n) is 3.98. The van der Waals surface area contributed by atoms with Crippen molar-refractivity contribution >= 4 is 17.2 Å². The van der Waals surface area contributed by atoms with Crippen LogP contribution in [0.4, 0.5) is 8.78 Å². The standard InChI is InChI=1S/C20H18F2N2O3S/c1-24(11-13-3-7-16(8-4-13)27-20(21)22)19(25)17-12-28-18(23-17)14-5-9-15(26-2)10-6-14/h3-10,12,20H,11H2,1-2H3. The first-order valence-electron chi connectivity index (χ1n) is 8.35. The Kier molecular flexibility index (Phi) is 6.20. The van der Waals surface area contributed by atoms with Crippen molar-refractivity contribution in [2.75, 3.05) is 14.2 Å². The smallest absolute Gasteiger partial charge is 0.387 e. The van der Waals surface area contributed by atoms with Gasteiger partial charge in [0.2, 0.25) is 0 Å². The number of carbonyl (C=O) groups is 1. The minimum atomic E-state index is -2.86. The number of carbonyl (C=O) groups excluding carboxylic acids is 1. The Morgan fingerprint density at radius 3 is 2.36 bits per heavy atom. The van der Waals surface area contributed by atoms with Gasteiger partial charge in [-0.15, -0.1) is 11.3 Å². The quantitative estimate of drug-likeness (QED) is 0.573. The molecule has 2 aromatic carbocycles. The summed E-state index contributed by atoms with van der Waals surface area (Å²) < 4.78 is 33.9. The van der Waals surface area contributed by atoms with Crippen molar-refractivity contribution < 1.29 is 23.0 Å². The zero-order chi connectivity index (χ0) is 20.1. The molecular weight excluding hydrogens is 386 g/mol. The molecule has 0 radical (unpaired) electrons. The molecule has 146 valence electrons. The number of aromatic nitrogens is 1. The van der Waals surface area contributed by atoms with Crippen LogP contribution >= 0.6 is 11.3 Å². The molecule has 0 bridgehead atoms. The molecule has 0 N–H and O–H groups in total. The maximum atomic E-state index is 12.6. The summed E-state index contributed by atoms with van der Waals surface area (Å²) in [4.78, 5) is 18.6. The van der Waals surface area contributed by atoms with E-state index in [1.165, 1.54) is 28.4 Å². The number of hydrogen-bond donors (Lipinski definition) is 0. The lowest BCUT2D eigenvalue weighted by molar-refractivity contribution is -0.0498. The van der Waals surface area contributed by atoms with Gasteiger partial charge >= 0.3 is 6.61 Å². The summed E-state index contributed by atoms with van der Waals surface area (Å²) in [5.74, 6) is 0.613. The SMILES string of the molecule is COc1ccc(-c2nc(C(=O)N(C)Cc3ccc(OC(F)F)cc3)cs2)cc1. The molecule has 0 unspecified atom stereocenters. The van der Waals surface area contributed by atoms with Gasteiger partial charge in [0.15, 0.2) is 0 Å². The molecule has 0 aliphatic rings. The molecular formula is C20H18F2N2O3S. The molecule has 28 heavy (non-hydrogen) atoms. The maximum Gasteiger partial charge on any atom is 0.387 e. The maximum absolute atomic E-state index is 12.6. The highest BCUT2D eigenvalue weighted by atomic mass is 32.1. The van der Waals surface area contributed by atoms with Crippen LogP contribution < -0.4 is 9.47 Å². The normalized spacial score (nSPS) is 10.8. The van der Waals surface area contributed by atoms with Crippen LogP contribution in [0.15, 0.2) is 53.9 Å². The largest absolute Gasteiger partial charge is 0.497 e. The zero-order valence-electron chi connectivity index (χ0n) is 15.3. The summed E-state index contributed by atoms with van der Waals surface area (Å²) in [6, 6.07) is 13.6. The second kappa shape index (κ2) is 8.79. The minimum absolute atomic E-state index is 0.0800. The van der Waals surface area contributed by atoms with E-state index in [9.17, 15) is 13.6 Å². The topological polar surface area (TPSA) is 51.7 Å². The van der Waals surface area contributed by atoms with Crippen molar-refractivity contribution in [3.05, 3.63) is 65.2 Å². The fraction of sp³-hybridized carbons (Fsp3) is 0.200. The summed E-state index contributed by atoms with van der Waals surface area (Å²) in [5.41, 5.74) is 2.06. The summed E-state index contributed by atoms with van der Waals surface area (Å²) >= 11 is 1.39. The van der Waals surface area contributed by atoms with Crippen molar-refractivity contribution in [2.24, 2.45) is 0 Å².